The largest absolute Gasteiger partial charge is 0.453 e. The summed E-state index contributed by atoms with van der Waals surface area (Å²) in [6.45, 7) is 13.4. The van der Waals surface area contributed by atoms with Gasteiger partial charge in [-0.3, -0.25) is 19.6 Å². The van der Waals surface area contributed by atoms with E-state index < -0.39 is 24.3 Å². The number of nitrogens with one attached hydrogen (secondary N) is 2. The first kappa shape index (κ1) is 44.4. The molecule has 4 aliphatic heterocycles. The number of benzene rings is 3. The van der Waals surface area contributed by atoms with E-state index in [0.717, 1.165) is 41.1 Å². The molecule has 65 heavy (non-hydrogen) atoms. The van der Waals surface area contributed by atoms with Crippen molar-refractivity contribution in [2.45, 2.75) is 122 Å². The Morgan fingerprint density at radius 1 is 0.646 bits per heavy atom. The van der Waals surface area contributed by atoms with Crippen molar-refractivity contribution < 1.29 is 28.7 Å². The minimum atomic E-state index is -0.669. The number of carbonyl (C=O) groups is 4. The summed E-state index contributed by atoms with van der Waals surface area (Å²) in [5, 5.41) is 5.54. The first-order valence-electron chi connectivity index (χ1n) is 23.8. The average Bonchev–Trinajstić information content (AvgIpc) is 4.17. The highest BCUT2D eigenvalue weighted by Crippen LogP contribution is 2.58. The van der Waals surface area contributed by atoms with Gasteiger partial charge in [0.15, 0.2) is 0 Å². The Kier molecular flexibility index (Phi) is 12.2. The highest BCUT2D eigenvalue weighted by Gasteiger charge is 2.44. The van der Waals surface area contributed by atoms with Gasteiger partial charge >= 0.3 is 12.2 Å². The summed E-state index contributed by atoms with van der Waals surface area (Å²) in [5.74, 6) is 1.40. The molecule has 4 heterocycles. The van der Waals surface area contributed by atoms with Crippen molar-refractivity contribution in [3.05, 3.63) is 83.1 Å². The van der Waals surface area contributed by atoms with Crippen LogP contribution in [0.2, 0.25) is 0 Å². The van der Waals surface area contributed by atoms with Gasteiger partial charge in [-0.1, -0.05) is 84.0 Å². The molecule has 4 amide bonds. The molecule has 12 heteroatoms. The van der Waals surface area contributed by atoms with Crippen LogP contribution in [0.1, 0.15) is 114 Å². The Bertz CT molecular complexity index is 2490. The van der Waals surface area contributed by atoms with E-state index in [9.17, 15) is 19.2 Å². The van der Waals surface area contributed by atoms with Crippen LogP contribution in [-0.4, -0.2) is 96.7 Å². The number of nitrogens with zero attached hydrogens (tertiary/aromatic N) is 4. The molecule has 0 aromatic heterocycles. The second kappa shape index (κ2) is 17.9. The standard InChI is InChI=1S/C53H64N6O6/c1-28(2)48(56-52(62)64-7)50(60)58-26-30(5)19-44(58)42-24-38(25-54-42)32-9-11-33(12-10-32)39-16-17-40(47-36-14-13-35(22-36)46(39)47)34-15-18-41-37(21-34)23-43(55-41)45-20-31(6)27-59(45)51(61)49(29(3)4)57-53(63)65-8/h9-12,15-18,21,25,28-31,35-36,44-45,48-49H,13-14,19-20,22-24,26-27H2,1-8H3,(H,56,62)(H,57,63)/t30-,31-,35?,36?,44-,45-,48-,49-/m0/s1. The fourth-order valence-electron chi connectivity index (χ4n) is 11.8. The first-order chi connectivity index (χ1) is 31.2. The van der Waals surface area contributed by atoms with E-state index in [1.165, 1.54) is 72.4 Å². The van der Waals surface area contributed by atoms with Crippen LogP contribution in [0.15, 0.2) is 70.8 Å². The lowest BCUT2D eigenvalue weighted by Gasteiger charge is -2.31. The van der Waals surface area contributed by atoms with Gasteiger partial charge in [-0.15, -0.1) is 0 Å². The molecular weight excluding hydrogens is 817 g/mol. The fourth-order valence-corrected chi connectivity index (χ4v) is 11.8. The predicted molar refractivity (Wildman–Crippen MR) is 254 cm³/mol. The summed E-state index contributed by atoms with van der Waals surface area (Å²) in [6, 6.07) is 18.8. The minimum Gasteiger partial charge on any atom is -0.453 e. The molecule has 2 N–H and O–H groups in total. The smallest absolute Gasteiger partial charge is 0.407 e. The van der Waals surface area contributed by atoms with Crippen LogP contribution >= 0.6 is 0 Å². The number of hydrogen-bond acceptors (Lipinski definition) is 8. The van der Waals surface area contributed by atoms with Gasteiger partial charge in [-0.25, -0.2) is 9.59 Å². The van der Waals surface area contributed by atoms with Crippen LogP contribution in [0.4, 0.5) is 15.3 Å². The average molecular weight is 881 g/mol. The molecule has 8 atom stereocenters. The van der Waals surface area contributed by atoms with Gasteiger partial charge in [-0.05, 0) is 130 Å². The molecular formula is C53H64N6O6. The van der Waals surface area contributed by atoms with Gasteiger partial charge in [-0.2, -0.15) is 0 Å². The van der Waals surface area contributed by atoms with Gasteiger partial charge in [0.25, 0.3) is 0 Å². The van der Waals surface area contributed by atoms with Gasteiger partial charge in [0.1, 0.15) is 12.1 Å². The lowest BCUT2D eigenvalue weighted by Crippen LogP contribution is -2.53. The summed E-state index contributed by atoms with van der Waals surface area (Å²) < 4.78 is 9.68. The molecule has 6 aliphatic rings. The molecule has 3 aromatic carbocycles. The quantitative estimate of drug-likeness (QED) is 0.197. The zero-order valence-electron chi connectivity index (χ0n) is 39.1. The Labute approximate surface area is 383 Å². The number of amides is 4. The van der Waals surface area contributed by atoms with Crippen molar-refractivity contribution in [1.29, 1.82) is 0 Å². The van der Waals surface area contributed by atoms with E-state index in [2.05, 4.69) is 79.1 Å². The van der Waals surface area contributed by atoms with Gasteiger partial charge < -0.3 is 29.9 Å². The monoisotopic (exact) mass is 880 g/mol. The lowest BCUT2D eigenvalue weighted by atomic mass is 9.81. The van der Waals surface area contributed by atoms with Gasteiger partial charge in [0.05, 0.1) is 32.0 Å². The number of ether oxygens (including phenoxy) is 2. The molecule has 2 unspecified atom stereocenters. The van der Waals surface area contributed by atoms with Crippen LogP contribution in [0.25, 0.3) is 27.8 Å². The summed E-state index contributed by atoms with van der Waals surface area (Å²) in [7, 11) is 2.64. The number of rotatable bonds is 11. The second-order valence-corrected chi connectivity index (χ2v) is 20.3. The number of carbonyl (C=O) groups excluding carboxylic acids is 4. The Morgan fingerprint density at radius 2 is 1.15 bits per heavy atom. The topological polar surface area (TPSA) is 142 Å². The lowest BCUT2D eigenvalue weighted by molar-refractivity contribution is -0.135. The van der Waals surface area contributed by atoms with Crippen LogP contribution in [-0.2, 0) is 25.5 Å². The van der Waals surface area contributed by atoms with Crippen molar-refractivity contribution in [2.75, 3.05) is 27.3 Å². The van der Waals surface area contributed by atoms with Crippen LogP contribution in [0.5, 0.6) is 0 Å². The van der Waals surface area contributed by atoms with Gasteiger partial charge in [0, 0.05) is 43.6 Å². The number of methoxy groups -OCH3 is 2. The van der Waals surface area contributed by atoms with Crippen molar-refractivity contribution >= 4 is 46.7 Å². The zero-order valence-corrected chi connectivity index (χ0v) is 39.1. The molecule has 3 aromatic rings. The summed E-state index contributed by atoms with van der Waals surface area (Å²) >= 11 is 0. The fraction of sp³-hybridized carbons (Fsp3) is 0.509. The second-order valence-electron chi connectivity index (χ2n) is 20.3. The predicted octanol–water partition coefficient (Wildman–Crippen LogP) is 9.43. The first-order valence-corrected chi connectivity index (χ1v) is 23.8. The Hall–Kier alpha value is -5.78. The maximum absolute atomic E-state index is 14.0. The maximum atomic E-state index is 14.0. The SMILES string of the molecule is COC(=O)N[C@H](C(=O)N1C[C@@H](C)C[C@H]1C1=NC=C(c2ccc(-c3ccc(-c4ccc5c(c4)CC([C@@H]4C[C@H](C)CN4C(=O)[C@@H](NC(=O)OC)C(C)C)=N5)c4c3C3CCC4C3)cc2)C1)C(C)C. The third-order valence-corrected chi connectivity index (χ3v) is 15.0. The van der Waals surface area contributed by atoms with E-state index in [0.29, 0.717) is 49.6 Å². The van der Waals surface area contributed by atoms with Crippen molar-refractivity contribution in [2.24, 2.45) is 33.7 Å². The normalized spacial score (nSPS) is 25.0. The number of allylic oxidation sites excluding steroid dienone is 1. The van der Waals surface area contributed by atoms with Crippen LogP contribution in [0.3, 0.4) is 0 Å². The number of likely N-dealkylation sites (tertiary alicyclic amines) is 2. The van der Waals surface area contributed by atoms with Crippen molar-refractivity contribution in [3.8, 4) is 22.3 Å². The molecule has 3 fully saturated rings. The summed E-state index contributed by atoms with van der Waals surface area (Å²) in [6.07, 6.45) is 7.48. The number of alkyl carbamates (subject to hydrolysis) is 2. The minimum absolute atomic E-state index is 0.0817. The highest BCUT2D eigenvalue weighted by atomic mass is 16.5. The summed E-state index contributed by atoms with van der Waals surface area (Å²) in [5.41, 5.74) is 14.6. The molecule has 0 spiro atoms. The maximum Gasteiger partial charge on any atom is 0.407 e. The number of hydrogen-bond donors (Lipinski definition) is 2. The molecule has 0 radical (unpaired) electrons. The van der Waals surface area contributed by atoms with Crippen LogP contribution < -0.4 is 10.6 Å². The van der Waals surface area contributed by atoms with E-state index in [1.807, 2.05) is 43.7 Å². The molecule has 2 bridgehead atoms. The summed E-state index contributed by atoms with van der Waals surface area (Å²) in [4.78, 5) is 66.0. The van der Waals surface area contributed by atoms with E-state index >= 15 is 0 Å². The third-order valence-electron chi connectivity index (χ3n) is 15.0. The highest BCUT2D eigenvalue weighted by molar-refractivity contribution is 6.04. The molecule has 12 nitrogen and oxygen atoms in total. The van der Waals surface area contributed by atoms with Gasteiger partial charge in [0.2, 0.25) is 11.8 Å². The van der Waals surface area contributed by atoms with Crippen molar-refractivity contribution in [1.82, 2.24) is 20.4 Å². The Morgan fingerprint density at radius 3 is 1.69 bits per heavy atom. The third kappa shape index (κ3) is 8.38. The van der Waals surface area contributed by atoms with E-state index in [1.54, 1.807) is 0 Å². The number of fused-ring (bicyclic) bond motifs is 6. The van der Waals surface area contributed by atoms with Crippen LogP contribution in [0, 0.1) is 23.7 Å². The molecule has 1 saturated carbocycles. The number of aliphatic imine (C=N–C) groups is 2. The van der Waals surface area contributed by atoms with E-state index in [4.69, 9.17) is 19.5 Å². The van der Waals surface area contributed by atoms with E-state index in [-0.39, 0.29) is 35.7 Å². The zero-order chi connectivity index (χ0) is 45.8. The molecule has 342 valence electrons. The molecule has 2 aliphatic carbocycles. The molecule has 2 saturated heterocycles. The van der Waals surface area contributed by atoms with Crippen molar-refractivity contribution in [3.63, 3.8) is 0 Å². The Balaban J connectivity index is 0.908. The molecule has 9 rings (SSSR count).